The second-order valence-electron chi connectivity index (χ2n) is 7.30. The van der Waals surface area contributed by atoms with Crippen molar-refractivity contribution in [2.24, 2.45) is 0 Å². The van der Waals surface area contributed by atoms with Gasteiger partial charge in [0.15, 0.2) is 5.82 Å². The summed E-state index contributed by atoms with van der Waals surface area (Å²) in [6.07, 6.45) is 5.03. The topological polar surface area (TPSA) is 84.2 Å². The molecule has 0 unspecified atom stereocenters. The fraction of sp³-hybridized carbons (Fsp3) is 0.350. The number of hydrogen-bond acceptors (Lipinski definition) is 6. The number of rotatable bonds is 4. The first kappa shape index (κ1) is 19.5. The normalized spacial score (nSPS) is 15.6. The molecule has 9 heteroatoms. The molecule has 1 fully saturated rings. The molecule has 2 aromatic heterocycles. The average Bonchev–Trinajstić information content (AvgIpc) is 3.22. The molecule has 1 aliphatic rings. The molecule has 8 nitrogen and oxygen atoms in total. The lowest BCUT2D eigenvalue weighted by Gasteiger charge is -2.35. The molecule has 0 aliphatic carbocycles. The number of sulfonamides is 1. The highest BCUT2D eigenvalue weighted by atomic mass is 32.2. The van der Waals surface area contributed by atoms with E-state index in [0.717, 1.165) is 22.5 Å². The zero-order valence-electron chi connectivity index (χ0n) is 16.8. The van der Waals surface area contributed by atoms with E-state index < -0.39 is 10.0 Å². The molecule has 0 saturated carbocycles. The first-order chi connectivity index (χ1) is 13.9. The molecule has 3 heterocycles. The molecule has 1 aliphatic heterocycles. The molecule has 29 heavy (non-hydrogen) atoms. The van der Waals surface area contributed by atoms with E-state index in [1.165, 1.54) is 6.33 Å². The highest BCUT2D eigenvalue weighted by Gasteiger charge is 2.31. The molecule has 4 rings (SSSR count). The number of anilines is 1. The lowest BCUT2D eigenvalue weighted by molar-refractivity contribution is 0.383. The van der Waals surface area contributed by atoms with E-state index in [-0.39, 0.29) is 0 Å². The van der Waals surface area contributed by atoms with Gasteiger partial charge in [-0.15, -0.1) is 0 Å². The summed E-state index contributed by atoms with van der Waals surface area (Å²) in [5.74, 6) is 1.45. The quantitative estimate of drug-likeness (QED) is 0.653. The van der Waals surface area contributed by atoms with Crippen molar-refractivity contribution in [2.45, 2.75) is 25.7 Å². The molecule has 1 saturated heterocycles. The number of nitrogens with zero attached hydrogens (tertiary/aromatic N) is 6. The molecule has 0 radical (unpaired) electrons. The van der Waals surface area contributed by atoms with Crippen LogP contribution in [0.4, 0.5) is 5.82 Å². The van der Waals surface area contributed by atoms with Gasteiger partial charge >= 0.3 is 0 Å². The van der Waals surface area contributed by atoms with Gasteiger partial charge in [-0.05, 0) is 38.0 Å². The van der Waals surface area contributed by atoms with Crippen LogP contribution in [0.25, 0.3) is 5.82 Å². The largest absolute Gasteiger partial charge is 0.354 e. The lowest BCUT2D eigenvalue weighted by Crippen LogP contribution is -2.49. The SMILES string of the molecule is Cc1cc(C)c(S(=O)(=O)N2CCN(c3cc(-n4cccn4)ncn3)CC2)c(C)c1. The maximum absolute atomic E-state index is 13.3. The van der Waals surface area contributed by atoms with E-state index in [4.69, 9.17) is 0 Å². The van der Waals surface area contributed by atoms with Gasteiger partial charge in [-0.3, -0.25) is 0 Å². The zero-order valence-corrected chi connectivity index (χ0v) is 17.6. The Labute approximate surface area is 170 Å². The first-order valence-electron chi connectivity index (χ1n) is 9.51. The van der Waals surface area contributed by atoms with Gasteiger partial charge in [0, 0.05) is 44.6 Å². The van der Waals surface area contributed by atoms with E-state index in [9.17, 15) is 8.42 Å². The Hall–Kier alpha value is -2.78. The minimum absolute atomic E-state index is 0.413. The van der Waals surface area contributed by atoms with Crippen LogP contribution in [-0.2, 0) is 10.0 Å². The number of piperazine rings is 1. The summed E-state index contributed by atoms with van der Waals surface area (Å²) in [4.78, 5) is 11.1. The highest BCUT2D eigenvalue weighted by Crippen LogP contribution is 2.26. The molecule has 0 bridgehead atoms. The third-order valence-electron chi connectivity index (χ3n) is 5.14. The second-order valence-corrected chi connectivity index (χ2v) is 9.18. The summed E-state index contributed by atoms with van der Waals surface area (Å²) in [5, 5.41) is 4.19. The van der Waals surface area contributed by atoms with Crippen LogP contribution in [0.1, 0.15) is 16.7 Å². The first-order valence-corrected chi connectivity index (χ1v) is 11.0. The van der Waals surface area contributed by atoms with Gasteiger partial charge in [0.2, 0.25) is 10.0 Å². The van der Waals surface area contributed by atoms with Crippen LogP contribution in [-0.4, -0.2) is 58.7 Å². The van der Waals surface area contributed by atoms with Crippen LogP contribution in [0, 0.1) is 20.8 Å². The van der Waals surface area contributed by atoms with Crippen molar-refractivity contribution in [3.05, 3.63) is 59.7 Å². The van der Waals surface area contributed by atoms with Crippen molar-refractivity contribution in [3.63, 3.8) is 0 Å². The highest BCUT2D eigenvalue weighted by molar-refractivity contribution is 7.89. The van der Waals surface area contributed by atoms with Crippen molar-refractivity contribution in [1.82, 2.24) is 24.1 Å². The fourth-order valence-corrected chi connectivity index (χ4v) is 5.73. The van der Waals surface area contributed by atoms with Crippen LogP contribution in [0.15, 0.2) is 47.9 Å². The van der Waals surface area contributed by atoms with E-state index in [1.54, 1.807) is 15.2 Å². The summed E-state index contributed by atoms with van der Waals surface area (Å²) in [6.45, 7) is 7.67. The number of aromatic nitrogens is 4. The smallest absolute Gasteiger partial charge is 0.243 e. The maximum Gasteiger partial charge on any atom is 0.243 e. The van der Waals surface area contributed by atoms with Gasteiger partial charge in [-0.25, -0.2) is 23.1 Å². The molecule has 0 atom stereocenters. The standard InChI is InChI=1S/C20H24N6O2S/c1-15-11-16(2)20(17(3)12-15)29(27,28)25-9-7-24(8-10-25)18-13-19(22-14-21-18)26-6-4-5-23-26/h4-6,11-14H,7-10H2,1-3H3. The Balaban J connectivity index is 1.52. The fourth-order valence-electron chi connectivity index (χ4n) is 3.90. The van der Waals surface area contributed by atoms with Crippen molar-refractivity contribution < 1.29 is 8.42 Å². The summed E-state index contributed by atoms with van der Waals surface area (Å²) >= 11 is 0. The summed E-state index contributed by atoms with van der Waals surface area (Å²) in [6, 6.07) is 7.55. The van der Waals surface area contributed by atoms with Crippen LogP contribution in [0.5, 0.6) is 0 Å². The molecule has 152 valence electrons. The van der Waals surface area contributed by atoms with Crippen molar-refractivity contribution in [2.75, 3.05) is 31.1 Å². The predicted octanol–water partition coefficient (Wildman–Crippen LogP) is 2.10. The maximum atomic E-state index is 13.3. The molecule has 3 aromatic rings. The minimum Gasteiger partial charge on any atom is -0.354 e. The Bertz CT molecular complexity index is 1100. The Morgan fingerprint density at radius 1 is 0.897 bits per heavy atom. The van der Waals surface area contributed by atoms with Gasteiger partial charge in [0.05, 0.1) is 4.90 Å². The van der Waals surface area contributed by atoms with Crippen molar-refractivity contribution >= 4 is 15.8 Å². The number of aryl methyl sites for hydroxylation is 3. The predicted molar refractivity (Wildman–Crippen MR) is 111 cm³/mol. The van der Waals surface area contributed by atoms with Gasteiger partial charge < -0.3 is 4.90 Å². The molecule has 0 amide bonds. The van der Waals surface area contributed by atoms with E-state index >= 15 is 0 Å². The number of hydrogen-bond donors (Lipinski definition) is 0. The van der Waals surface area contributed by atoms with Crippen molar-refractivity contribution in [3.8, 4) is 5.82 Å². The van der Waals surface area contributed by atoms with E-state index in [0.29, 0.717) is 36.9 Å². The zero-order chi connectivity index (χ0) is 20.6. The summed E-state index contributed by atoms with van der Waals surface area (Å²) < 4.78 is 29.8. The molecular formula is C20H24N6O2S. The Morgan fingerprint density at radius 3 is 2.17 bits per heavy atom. The van der Waals surface area contributed by atoms with Gasteiger partial charge in [0.25, 0.3) is 0 Å². The number of benzene rings is 1. The molecular weight excluding hydrogens is 388 g/mol. The van der Waals surface area contributed by atoms with Crippen molar-refractivity contribution in [1.29, 1.82) is 0 Å². The van der Waals surface area contributed by atoms with Crippen LogP contribution in [0.3, 0.4) is 0 Å². The third kappa shape index (κ3) is 3.75. The monoisotopic (exact) mass is 412 g/mol. The van der Waals surface area contributed by atoms with Crippen LogP contribution >= 0.6 is 0 Å². The average molecular weight is 413 g/mol. The van der Waals surface area contributed by atoms with Gasteiger partial charge in [-0.1, -0.05) is 17.7 Å². The Morgan fingerprint density at radius 2 is 1.55 bits per heavy atom. The van der Waals surface area contributed by atoms with E-state index in [2.05, 4.69) is 20.0 Å². The summed E-state index contributed by atoms with van der Waals surface area (Å²) in [7, 11) is -3.53. The van der Waals surface area contributed by atoms with Crippen LogP contribution in [0.2, 0.25) is 0 Å². The summed E-state index contributed by atoms with van der Waals surface area (Å²) in [5.41, 5.74) is 2.66. The molecule has 1 aromatic carbocycles. The lowest BCUT2D eigenvalue weighted by atomic mass is 10.1. The molecule has 0 N–H and O–H groups in total. The van der Waals surface area contributed by atoms with Gasteiger partial charge in [-0.2, -0.15) is 9.40 Å². The van der Waals surface area contributed by atoms with E-state index in [1.807, 2.05) is 51.2 Å². The third-order valence-corrected chi connectivity index (χ3v) is 7.35. The Kier molecular flexibility index (Phi) is 5.10. The molecule has 0 spiro atoms. The van der Waals surface area contributed by atoms with Crippen LogP contribution < -0.4 is 4.90 Å². The minimum atomic E-state index is -3.53. The van der Waals surface area contributed by atoms with Gasteiger partial charge in [0.1, 0.15) is 12.1 Å². The second kappa shape index (κ2) is 7.57.